The van der Waals surface area contributed by atoms with E-state index < -0.39 is 21.2 Å². The molecule has 0 aliphatic heterocycles. The van der Waals surface area contributed by atoms with Crippen LogP contribution in [0.5, 0.6) is 0 Å². The van der Waals surface area contributed by atoms with E-state index in [1.54, 1.807) is 44.2 Å². The summed E-state index contributed by atoms with van der Waals surface area (Å²) in [6.07, 6.45) is 1.45. The number of pyridine rings is 1. The van der Waals surface area contributed by atoms with Gasteiger partial charge >= 0.3 is 0 Å². The largest absolute Gasteiger partial charge is 0.383 e. The first kappa shape index (κ1) is 28.0. The molecule has 0 saturated heterocycles. The first-order valence-electron chi connectivity index (χ1n) is 11.7. The van der Waals surface area contributed by atoms with Crippen LogP contribution in [0.2, 0.25) is 0 Å². The Morgan fingerprint density at radius 2 is 1.68 bits per heavy atom. The van der Waals surface area contributed by atoms with E-state index in [1.165, 1.54) is 30.5 Å². The molecule has 2 heterocycles. The molecule has 13 heteroatoms. The maximum Gasteiger partial charge on any atom is 0.264 e. The van der Waals surface area contributed by atoms with E-state index in [4.69, 9.17) is 5.73 Å². The third kappa shape index (κ3) is 6.18. The van der Waals surface area contributed by atoms with Crippen molar-refractivity contribution < 1.29 is 13.2 Å². The Balaban J connectivity index is 1.51. The molecule has 4 N–H and O–H groups in total. The first-order chi connectivity index (χ1) is 19.1. The standard InChI is InChI=1S/C27H22N8O3S2/c1-16-12-13-31-27(32-16)35-40(37,38)20-10-8-19(9-11-20)33-25(36)17(2)39-26-22(15-29)23(18-6-4-3-5-7-18)21(14-28)24(30)34-26/h3-13,17H,1-2H3,(H2,30,34)(H,33,36)(H,31,32,35). The van der Waals surface area contributed by atoms with E-state index in [9.17, 15) is 23.7 Å². The molecule has 0 bridgehead atoms. The van der Waals surface area contributed by atoms with Gasteiger partial charge in [0.05, 0.1) is 15.7 Å². The van der Waals surface area contributed by atoms with Gasteiger partial charge in [-0.3, -0.25) is 4.79 Å². The molecule has 0 fully saturated rings. The van der Waals surface area contributed by atoms with Crippen molar-refractivity contribution in [3.8, 4) is 23.3 Å². The third-order valence-corrected chi connectivity index (χ3v) is 8.02. The summed E-state index contributed by atoms with van der Waals surface area (Å²) in [7, 11) is -3.94. The zero-order valence-corrected chi connectivity index (χ0v) is 22.9. The van der Waals surface area contributed by atoms with Gasteiger partial charge in [-0.25, -0.2) is 28.1 Å². The number of nitrogens with zero attached hydrogens (tertiary/aromatic N) is 5. The summed E-state index contributed by atoms with van der Waals surface area (Å²) in [6.45, 7) is 3.34. The average Bonchev–Trinajstić information content (AvgIpc) is 2.93. The van der Waals surface area contributed by atoms with Crippen LogP contribution in [0.3, 0.4) is 0 Å². The van der Waals surface area contributed by atoms with Crippen LogP contribution in [0.4, 0.5) is 17.5 Å². The molecule has 4 aromatic rings. The number of aryl methyl sites for hydroxylation is 1. The van der Waals surface area contributed by atoms with E-state index in [1.807, 2.05) is 12.1 Å². The van der Waals surface area contributed by atoms with Crippen LogP contribution >= 0.6 is 11.8 Å². The lowest BCUT2D eigenvalue weighted by atomic mass is 9.97. The number of thioether (sulfide) groups is 1. The number of benzene rings is 2. The zero-order chi connectivity index (χ0) is 28.9. The van der Waals surface area contributed by atoms with Crippen molar-refractivity contribution in [2.24, 2.45) is 0 Å². The van der Waals surface area contributed by atoms with Gasteiger partial charge in [0.15, 0.2) is 0 Å². The van der Waals surface area contributed by atoms with Crippen LogP contribution < -0.4 is 15.8 Å². The van der Waals surface area contributed by atoms with Gasteiger partial charge in [-0.1, -0.05) is 42.1 Å². The lowest BCUT2D eigenvalue weighted by Gasteiger charge is -2.16. The molecule has 0 spiro atoms. The second kappa shape index (κ2) is 11.8. The Hall–Kier alpha value is -4.98. The van der Waals surface area contributed by atoms with Crippen LogP contribution in [0.1, 0.15) is 23.7 Å². The minimum absolute atomic E-state index is 0.0395. The van der Waals surface area contributed by atoms with Gasteiger partial charge in [-0.05, 0) is 49.7 Å². The van der Waals surface area contributed by atoms with E-state index in [2.05, 4.69) is 31.1 Å². The Bertz CT molecular complexity index is 1760. The van der Waals surface area contributed by atoms with Gasteiger partial charge in [0.1, 0.15) is 28.5 Å². The number of rotatable bonds is 8. The predicted octanol–water partition coefficient (Wildman–Crippen LogP) is 4.09. The quantitative estimate of drug-likeness (QED) is 0.260. The molecule has 40 heavy (non-hydrogen) atoms. The fourth-order valence-corrected chi connectivity index (χ4v) is 5.50. The van der Waals surface area contributed by atoms with E-state index in [0.717, 1.165) is 11.8 Å². The van der Waals surface area contributed by atoms with Crippen LogP contribution in [-0.2, 0) is 14.8 Å². The molecule has 2 aromatic heterocycles. The second-order valence-corrected chi connectivity index (χ2v) is 11.4. The topological polar surface area (TPSA) is 188 Å². The number of nitrogens with one attached hydrogen (secondary N) is 2. The van der Waals surface area contributed by atoms with Gasteiger partial charge < -0.3 is 11.1 Å². The number of amides is 1. The minimum atomic E-state index is -3.94. The monoisotopic (exact) mass is 570 g/mol. The first-order valence-corrected chi connectivity index (χ1v) is 14.1. The number of carbonyl (C=O) groups excluding carboxylic acids is 1. The fraction of sp³-hybridized carbons (Fsp3) is 0.111. The summed E-state index contributed by atoms with van der Waals surface area (Å²) < 4.78 is 27.7. The van der Waals surface area contributed by atoms with Gasteiger partial charge in [0, 0.05) is 23.1 Å². The van der Waals surface area contributed by atoms with Crippen LogP contribution in [-0.4, -0.2) is 34.5 Å². The third-order valence-electron chi connectivity index (χ3n) is 5.59. The molecule has 11 nitrogen and oxygen atoms in total. The number of carbonyl (C=O) groups is 1. The van der Waals surface area contributed by atoms with Crippen molar-refractivity contribution in [3.63, 3.8) is 0 Å². The number of anilines is 3. The summed E-state index contributed by atoms with van der Waals surface area (Å²) in [5.74, 6) is -0.508. The molecule has 1 unspecified atom stereocenters. The van der Waals surface area contributed by atoms with Gasteiger partial charge in [0.2, 0.25) is 11.9 Å². The van der Waals surface area contributed by atoms with Crippen molar-refractivity contribution >= 4 is 45.1 Å². The molecule has 4 rings (SSSR count). The second-order valence-electron chi connectivity index (χ2n) is 8.42. The number of hydrogen-bond acceptors (Lipinski definition) is 10. The van der Waals surface area contributed by atoms with Crippen LogP contribution in [0, 0.1) is 29.6 Å². The summed E-state index contributed by atoms with van der Waals surface area (Å²) in [5, 5.41) is 21.8. The molecule has 1 amide bonds. The van der Waals surface area contributed by atoms with Gasteiger partial charge in [-0.2, -0.15) is 10.5 Å². The van der Waals surface area contributed by atoms with E-state index in [-0.39, 0.29) is 32.8 Å². The maximum absolute atomic E-state index is 13.0. The average molecular weight is 571 g/mol. The summed E-state index contributed by atoms with van der Waals surface area (Å²) in [6, 6.07) is 20.2. The van der Waals surface area contributed by atoms with Gasteiger partial charge in [-0.15, -0.1) is 0 Å². The predicted molar refractivity (Wildman–Crippen MR) is 151 cm³/mol. The maximum atomic E-state index is 13.0. The lowest BCUT2D eigenvalue weighted by Crippen LogP contribution is -2.23. The van der Waals surface area contributed by atoms with Gasteiger partial charge in [0.25, 0.3) is 10.0 Å². The fourth-order valence-electron chi connectivity index (χ4n) is 3.64. The highest BCUT2D eigenvalue weighted by molar-refractivity contribution is 8.00. The summed E-state index contributed by atoms with van der Waals surface area (Å²) in [5.41, 5.74) is 8.23. The van der Waals surface area contributed by atoms with Crippen LogP contribution in [0.15, 0.2) is 76.8 Å². The molecule has 0 saturated carbocycles. The Kier molecular flexibility index (Phi) is 8.29. The minimum Gasteiger partial charge on any atom is -0.383 e. The number of nitrogens with two attached hydrogens (primary N) is 1. The van der Waals surface area contributed by atoms with Crippen molar-refractivity contribution in [1.29, 1.82) is 10.5 Å². The Morgan fingerprint density at radius 3 is 2.30 bits per heavy atom. The van der Waals surface area contributed by atoms with E-state index >= 15 is 0 Å². The molecule has 1 atom stereocenters. The molecular weight excluding hydrogens is 548 g/mol. The SMILES string of the molecule is Cc1ccnc(NS(=O)(=O)c2ccc(NC(=O)C(C)Sc3nc(N)c(C#N)c(-c4ccccc4)c3C#N)cc2)n1. The summed E-state index contributed by atoms with van der Waals surface area (Å²) in [4.78, 5) is 25.1. The number of sulfonamides is 1. The van der Waals surface area contributed by atoms with Crippen molar-refractivity contribution in [2.45, 2.75) is 29.0 Å². The normalized spacial score (nSPS) is 11.6. The number of aromatic nitrogens is 3. The van der Waals surface area contributed by atoms with Crippen molar-refractivity contribution in [1.82, 2.24) is 15.0 Å². The Morgan fingerprint density at radius 1 is 1.00 bits per heavy atom. The molecule has 200 valence electrons. The van der Waals surface area contributed by atoms with Crippen LogP contribution in [0.25, 0.3) is 11.1 Å². The molecular formula is C27H22N8O3S2. The number of hydrogen-bond donors (Lipinski definition) is 3. The number of nitriles is 2. The highest BCUT2D eigenvalue weighted by Crippen LogP contribution is 2.37. The Labute approximate surface area is 235 Å². The highest BCUT2D eigenvalue weighted by Gasteiger charge is 2.24. The molecule has 0 radical (unpaired) electrons. The number of nitrogen functional groups attached to an aromatic ring is 1. The molecule has 0 aliphatic carbocycles. The lowest BCUT2D eigenvalue weighted by molar-refractivity contribution is -0.115. The van der Waals surface area contributed by atoms with Crippen molar-refractivity contribution in [3.05, 3.63) is 83.7 Å². The smallest absolute Gasteiger partial charge is 0.264 e. The van der Waals surface area contributed by atoms with E-state index in [0.29, 0.717) is 22.5 Å². The highest BCUT2D eigenvalue weighted by atomic mass is 32.2. The molecule has 2 aromatic carbocycles. The zero-order valence-electron chi connectivity index (χ0n) is 21.3. The summed E-state index contributed by atoms with van der Waals surface area (Å²) >= 11 is 1.02. The molecule has 0 aliphatic rings. The van der Waals surface area contributed by atoms with Crippen molar-refractivity contribution in [2.75, 3.05) is 15.8 Å².